The molecule has 1 fully saturated rings. The van der Waals surface area contributed by atoms with Crippen LogP contribution in [0.2, 0.25) is 0 Å². The Morgan fingerprint density at radius 3 is 2.61 bits per heavy atom. The van der Waals surface area contributed by atoms with E-state index in [1.165, 1.54) is 5.56 Å². The minimum Gasteiger partial charge on any atom is -0.493 e. The maximum Gasteiger partial charge on any atom is 0.241 e. The molecule has 1 N–H and O–H groups in total. The molecule has 1 aromatic heterocycles. The molecule has 0 saturated carbocycles. The van der Waals surface area contributed by atoms with Crippen molar-refractivity contribution in [2.24, 2.45) is 5.92 Å². The Morgan fingerprint density at radius 1 is 1.16 bits per heavy atom. The average molecular weight is 521 g/mol. The topological polar surface area (TPSA) is 89.7 Å². The number of carbonyl (C=O) groups is 1. The number of methoxy groups -OCH3 is 1. The number of likely N-dealkylation sites (tertiary alicyclic amines) is 1. The minimum atomic E-state index is -0.0819. The molecular weight excluding hydrogens is 480 g/mol. The van der Waals surface area contributed by atoms with Crippen molar-refractivity contribution >= 4 is 5.91 Å². The Hall–Kier alpha value is -3.39. The number of benzene rings is 2. The van der Waals surface area contributed by atoms with Crippen molar-refractivity contribution in [2.45, 2.75) is 72.1 Å². The molecule has 4 rings (SSSR count). The first-order valence-electron chi connectivity index (χ1n) is 13.4. The highest BCUT2D eigenvalue weighted by Crippen LogP contribution is 2.29. The predicted molar refractivity (Wildman–Crippen MR) is 147 cm³/mol. The molecule has 204 valence electrons. The third-order valence-electron chi connectivity index (χ3n) is 6.77. The summed E-state index contributed by atoms with van der Waals surface area (Å²) in [6, 6.07) is 14.1. The zero-order chi connectivity index (χ0) is 27.3. The number of ether oxygens (including phenoxy) is 2. The fraction of sp³-hybridized carbons (Fsp3) is 0.500. The molecule has 1 aliphatic heterocycles. The van der Waals surface area contributed by atoms with E-state index in [-0.39, 0.29) is 23.3 Å². The van der Waals surface area contributed by atoms with E-state index in [1.54, 1.807) is 7.11 Å². The number of piperidine rings is 1. The number of nitrogens with one attached hydrogen (secondary N) is 1. The summed E-state index contributed by atoms with van der Waals surface area (Å²) in [6.45, 7) is 13.1. The lowest BCUT2D eigenvalue weighted by Gasteiger charge is -2.30. The van der Waals surface area contributed by atoms with E-state index in [0.717, 1.165) is 30.5 Å². The van der Waals surface area contributed by atoms with Crippen molar-refractivity contribution in [3.63, 3.8) is 0 Å². The minimum absolute atomic E-state index is 0.0568. The summed E-state index contributed by atoms with van der Waals surface area (Å²) in [5.41, 5.74) is 3.26. The van der Waals surface area contributed by atoms with Crippen LogP contribution in [0.25, 0.3) is 11.4 Å². The number of carbonyl (C=O) groups excluding carboxylic acids is 1. The summed E-state index contributed by atoms with van der Waals surface area (Å²) in [6.07, 6.45) is 1.87. The van der Waals surface area contributed by atoms with Crippen molar-refractivity contribution in [3.8, 4) is 22.9 Å². The van der Waals surface area contributed by atoms with Crippen molar-refractivity contribution in [1.82, 2.24) is 20.4 Å². The number of amides is 1. The number of nitrogens with zero attached hydrogens (tertiary/aromatic N) is 3. The van der Waals surface area contributed by atoms with Crippen molar-refractivity contribution in [2.75, 3.05) is 20.2 Å². The molecule has 1 saturated heterocycles. The Morgan fingerprint density at radius 2 is 1.92 bits per heavy atom. The van der Waals surface area contributed by atoms with Gasteiger partial charge in [-0.2, -0.15) is 4.98 Å². The van der Waals surface area contributed by atoms with E-state index in [1.807, 2.05) is 44.2 Å². The zero-order valence-corrected chi connectivity index (χ0v) is 23.4. The maximum absolute atomic E-state index is 13.0. The second-order valence-electron chi connectivity index (χ2n) is 11.3. The molecular formula is C30H40N4O4. The van der Waals surface area contributed by atoms with Gasteiger partial charge in [-0.15, -0.1) is 0 Å². The van der Waals surface area contributed by atoms with Crippen LogP contribution in [-0.4, -0.2) is 47.3 Å². The molecule has 0 spiro atoms. The highest BCUT2D eigenvalue weighted by atomic mass is 16.5. The van der Waals surface area contributed by atoms with Gasteiger partial charge in [-0.05, 0) is 61.9 Å². The Kier molecular flexibility index (Phi) is 8.72. The standard InChI is InChI=1S/C30H40N4O4/c1-20(2)37-25-14-9-21(16-26(25)36-6)17-31-29(35)23-8-7-15-34(18-23)19-27-32-28(33-38-27)22-10-12-24(13-11-22)30(3,4)5/h9-14,16,20,23H,7-8,15,17-19H2,1-6H3,(H,31,35). The lowest BCUT2D eigenvalue weighted by Crippen LogP contribution is -2.42. The second-order valence-corrected chi connectivity index (χ2v) is 11.3. The van der Waals surface area contributed by atoms with Gasteiger partial charge in [0.2, 0.25) is 17.6 Å². The smallest absolute Gasteiger partial charge is 0.241 e. The monoisotopic (exact) mass is 520 g/mol. The van der Waals surface area contributed by atoms with E-state index < -0.39 is 0 Å². The lowest BCUT2D eigenvalue weighted by atomic mass is 9.87. The number of hydrogen-bond acceptors (Lipinski definition) is 7. The Labute approximate surface area is 225 Å². The van der Waals surface area contributed by atoms with Crippen LogP contribution in [0, 0.1) is 5.92 Å². The van der Waals surface area contributed by atoms with Gasteiger partial charge >= 0.3 is 0 Å². The molecule has 1 atom stereocenters. The molecule has 2 heterocycles. The maximum atomic E-state index is 13.0. The quantitative estimate of drug-likeness (QED) is 0.406. The molecule has 1 aliphatic rings. The molecule has 3 aromatic rings. The molecule has 1 unspecified atom stereocenters. The van der Waals surface area contributed by atoms with Crippen LogP contribution < -0.4 is 14.8 Å². The SMILES string of the molecule is COc1cc(CNC(=O)C2CCCN(Cc3nc(-c4ccc(C(C)(C)C)cc4)no3)C2)ccc1OC(C)C. The largest absolute Gasteiger partial charge is 0.493 e. The number of aromatic nitrogens is 2. The van der Waals surface area contributed by atoms with Gasteiger partial charge in [0.15, 0.2) is 11.5 Å². The molecule has 8 nitrogen and oxygen atoms in total. The lowest BCUT2D eigenvalue weighted by molar-refractivity contribution is -0.127. The summed E-state index contributed by atoms with van der Waals surface area (Å²) in [5.74, 6) is 2.50. The summed E-state index contributed by atoms with van der Waals surface area (Å²) in [7, 11) is 1.62. The first kappa shape index (κ1) is 27.6. The highest BCUT2D eigenvalue weighted by Gasteiger charge is 2.27. The van der Waals surface area contributed by atoms with Gasteiger partial charge in [0.1, 0.15) is 0 Å². The number of rotatable bonds is 9. The Balaban J connectivity index is 1.31. The van der Waals surface area contributed by atoms with Crippen LogP contribution in [-0.2, 0) is 23.3 Å². The van der Waals surface area contributed by atoms with Crippen LogP contribution >= 0.6 is 0 Å². The normalized spacial score (nSPS) is 16.4. The molecule has 0 bridgehead atoms. The molecule has 0 aliphatic carbocycles. The first-order valence-corrected chi connectivity index (χ1v) is 13.4. The molecule has 1 amide bonds. The predicted octanol–water partition coefficient (Wildman–Crippen LogP) is 5.36. The number of hydrogen-bond donors (Lipinski definition) is 1. The molecule has 2 aromatic carbocycles. The van der Waals surface area contributed by atoms with Crippen molar-refractivity contribution in [1.29, 1.82) is 0 Å². The van der Waals surface area contributed by atoms with E-state index in [0.29, 0.717) is 42.8 Å². The van der Waals surface area contributed by atoms with Gasteiger partial charge in [0.25, 0.3) is 0 Å². The van der Waals surface area contributed by atoms with Crippen LogP contribution in [0.4, 0.5) is 0 Å². The summed E-state index contributed by atoms with van der Waals surface area (Å²) < 4.78 is 16.8. The van der Waals surface area contributed by atoms with Gasteiger partial charge < -0.3 is 19.3 Å². The van der Waals surface area contributed by atoms with E-state index in [9.17, 15) is 4.79 Å². The van der Waals surface area contributed by atoms with Gasteiger partial charge in [-0.3, -0.25) is 9.69 Å². The van der Waals surface area contributed by atoms with Gasteiger partial charge in [-0.1, -0.05) is 56.3 Å². The van der Waals surface area contributed by atoms with Crippen molar-refractivity contribution < 1.29 is 18.8 Å². The molecule has 0 radical (unpaired) electrons. The van der Waals surface area contributed by atoms with Crippen LogP contribution in [0.3, 0.4) is 0 Å². The van der Waals surface area contributed by atoms with Gasteiger partial charge in [-0.25, -0.2) is 0 Å². The van der Waals surface area contributed by atoms with Gasteiger partial charge in [0, 0.05) is 18.7 Å². The summed E-state index contributed by atoms with van der Waals surface area (Å²) in [4.78, 5) is 19.8. The summed E-state index contributed by atoms with van der Waals surface area (Å²) in [5, 5.41) is 7.28. The third kappa shape index (κ3) is 7.13. The van der Waals surface area contributed by atoms with Gasteiger partial charge in [0.05, 0.1) is 25.7 Å². The van der Waals surface area contributed by atoms with E-state index >= 15 is 0 Å². The fourth-order valence-electron chi connectivity index (χ4n) is 4.67. The first-order chi connectivity index (χ1) is 18.1. The highest BCUT2D eigenvalue weighted by molar-refractivity contribution is 5.79. The fourth-order valence-corrected chi connectivity index (χ4v) is 4.67. The average Bonchev–Trinajstić information content (AvgIpc) is 3.35. The third-order valence-corrected chi connectivity index (χ3v) is 6.77. The van der Waals surface area contributed by atoms with Crippen LogP contribution in [0.1, 0.15) is 64.5 Å². The Bertz CT molecular complexity index is 1210. The van der Waals surface area contributed by atoms with Crippen LogP contribution in [0.5, 0.6) is 11.5 Å². The summed E-state index contributed by atoms with van der Waals surface area (Å²) >= 11 is 0. The molecule has 8 heteroatoms. The van der Waals surface area contributed by atoms with Crippen LogP contribution in [0.15, 0.2) is 47.0 Å². The van der Waals surface area contributed by atoms with E-state index in [4.69, 9.17) is 14.0 Å². The zero-order valence-electron chi connectivity index (χ0n) is 23.4. The molecule has 38 heavy (non-hydrogen) atoms. The van der Waals surface area contributed by atoms with E-state index in [2.05, 4.69) is 53.3 Å². The second kappa shape index (κ2) is 12.0. The van der Waals surface area contributed by atoms with Crippen molar-refractivity contribution in [3.05, 3.63) is 59.5 Å².